The summed E-state index contributed by atoms with van der Waals surface area (Å²) in [5.74, 6) is 1.19. The summed E-state index contributed by atoms with van der Waals surface area (Å²) in [4.78, 5) is 17.3. The molecule has 0 radical (unpaired) electrons. The largest absolute Gasteiger partial charge is 0.486 e. The Kier molecular flexibility index (Phi) is 6.32. The molecule has 0 saturated carbocycles. The van der Waals surface area contributed by atoms with Gasteiger partial charge in [0.1, 0.15) is 18.2 Å². The van der Waals surface area contributed by atoms with Crippen LogP contribution in [-0.4, -0.2) is 33.9 Å². The number of nitriles is 1. The smallest absolute Gasteiger partial charge is 0.263 e. The van der Waals surface area contributed by atoms with Crippen LogP contribution < -0.4 is 14.8 Å². The molecule has 2 aromatic heterocycles. The Bertz CT molecular complexity index is 1370. The predicted molar refractivity (Wildman–Crippen MR) is 125 cm³/mol. The SMILES string of the molecule is C=CCOc1ccccc1OCC(=O)Nc1c(C#N)cnn1-c1cc(C)c2ccccc2n1. The molecule has 0 aliphatic rings. The number of pyridine rings is 1. The zero-order chi connectivity index (χ0) is 23.2. The van der Waals surface area contributed by atoms with Crippen molar-refractivity contribution in [3.63, 3.8) is 0 Å². The predicted octanol–water partition coefficient (Wildman–Crippen LogP) is 4.18. The molecule has 8 heteroatoms. The van der Waals surface area contributed by atoms with Crippen molar-refractivity contribution in [1.29, 1.82) is 5.26 Å². The van der Waals surface area contributed by atoms with Crippen molar-refractivity contribution >= 4 is 22.6 Å². The number of carbonyl (C=O) groups excluding carboxylic acids is 1. The minimum Gasteiger partial charge on any atom is -0.486 e. The molecule has 0 bridgehead atoms. The second-order valence-electron chi connectivity index (χ2n) is 7.13. The third kappa shape index (κ3) is 4.67. The second kappa shape index (κ2) is 9.66. The number of rotatable bonds is 8. The highest BCUT2D eigenvalue weighted by atomic mass is 16.5. The number of fused-ring (bicyclic) bond motifs is 1. The van der Waals surface area contributed by atoms with Crippen molar-refractivity contribution in [3.05, 3.63) is 84.6 Å². The maximum absolute atomic E-state index is 12.7. The van der Waals surface area contributed by atoms with Crippen LogP contribution in [0.25, 0.3) is 16.7 Å². The number of ether oxygens (including phenoxy) is 2. The van der Waals surface area contributed by atoms with Crippen LogP contribution in [-0.2, 0) is 4.79 Å². The monoisotopic (exact) mass is 439 g/mol. The Hall–Kier alpha value is -4.64. The molecule has 0 atom stereocenters. The van der Waals surface area contributed by atoms with Gasteiger partial charge in [-0.1, -0.05) is 43.0 Å². The minimum absolute atomic E-state index is 0.214. The summed E-state index contributed by atoms with van der Waals surface area (Å²) in [6.07, 6.45) is 3.01. The van der Waals surface area contributed by atoms with Gasteiger partial charge in [-0.2, -0.15) is 15.0 Å². The average molecular weight is 439 g/mol. The minimum atomic E-state index is -0.454. The van der Waals surface area contributed by atoms with Crippen molar-refractivity contribution < 1.29 is 14.3 Å². The zero-order valence-electron chi connectivity index (χ0n) is 18.0. The number of aryl methyl sites for hydroxylation is 1. The van der Waals surface area contributed by atoms with Crippen molar-refractivity contribution in [2.45, 2.75) is 6.92 Å². The molecule has 164 valence electrons. The van der Waals surface area contributed by atoms with Crippen LogP contribution in [0.2, 0.25) is 0 Å². The number of amides is 1. The van der Waals surface area contributed by atoms with E-state index in [2.05, 4.69) is 28.0 Å². The molecular weight excluding hydrogens is 418 g/mol. The summed E-state index contributed by atoms with van der Waals surface area (Å²) in [6, 6.07) is 18.7. The van der Waals surface area contributed by atoms with E-state index in [4.69, 9.17) is 9.47 Å². The molecule has 4 rings (SSSR count). The molecule has 0 spiro atoms. The van der Waals surface area contributed by atoms with Crippen LogP contribution in [0.1, 0.15) is 11.1 Å². The maximum atomic E-state index is 12.7. The molecule has 8 nitrogen and oxygen atoms in total. The Morgan fingerprint density at radius 1 is 1.18 bits per heavy atom. The molecule has 0 saturated heterocycles. The Morgan fingerprint density at radius 3 is 2.67 bits per heavy atom. The lowest BCUT2D eigenvalue weighted by atomic mass is 10.1. The molecule has 0 unspecified atom stereocenters. The molecule has 1 N–H and O–H groups in total. The fourth-order valence-corrected chi connectivity index (χ4v) is 3.31. The van der Waals surface area contributed by atoms with Gasteiger partial charge in [0.25, 0.3) is 5.91 Å². The Morgan fingerprint density at radius 2 is 1.91 bits per heavy atom. The lowest BCUT2D eigenvalue weighted by Gasteiger charge is -2.13. The molecule has 4 aromatic rings. The van der Waals surface area contributed by atoms with Gasteiger partial charge in [0.2, 0.25) is 0 Å². The first-order valence-electron chi connectivity index (χ1n) is 10.2. The van der Waals surface area contributed by atoms with Crippen LogP contribution in [0.5, 0.6) is 11.5 Å². The summed E-state index contributed by atoms with van der Waals surface area (Å²) >= 11 is 0. The normalized spacial score (nSPS) is 10.4. The number of hydrogen-bond acceptors (Lipinski definition) is 6. The fraction of sp³-hybridized carbons (Fsp3) is 0.120. The summed E-state index contributed by atoms with van der Waals surface area (Å²) in [6.45, 7) is 5.63. The maximum Gasteiger partial charge on any atom is 0.263 e. The Labute approximate surface area is 190 Å². The first kappa shape index (κ1) is 21.6. The number of anilines is 1. The fourth-order valence-electron chi connectivity index (χ4n) is 3.31. The summed E-state index contributed by atoms with van der Waals surface area (Å²) in [5.41, 5.74) is 2.00. The van der Waals surface area contributed by atoms with E-state index in [-0.39, 0.29) is 18.0 Å². The van der Waals surface area contributed by atoms with E-state index in [9.17, 15) is 10.1 Å². The van der Waals surface area contributed by atoms with Gasteiger partial charge in [-0.15, -0.1) is 0 Å². The second-order valence-corrected chi connectivity index (χ2v) is 7.13. The van der Waals surface area contributed by atoms with Gasteiger partial charge in [-0.3, -0.25) is 4.79 Å². The number of hydrogen-bond donors (Lipinski definition) is 1. The zero-order valence-corrected chi connectivity index (χ0v) is 18.0. The Balaban J connectivity index is 1.56. The van der Waals surface area contributed by atoms with Crippen LogP contribution in [0, 0.1) is 18.3 Å². The quantitative estimate of drug-likeness (QED) is 0.413. The molecule has 33 heavy (non-hydrogen) atoms. The first-order valence-corrected chi connectivity index (χ1v) is 10.2. The summed E-state index contributed by atoms with van der Waals surface area (Å²) in [7, 11) is 0. The summed E-state index contributed by atoms with van der Waals surface area (Å²) < 4.78 is 12.6. The van der Waals surface area contributed by atoms with E-state index in [0.717, 1.165) is 16.5 Å². The van der Waals surface area contributed by atoms with E-state index in [1.807, 2.05) is 43.3 Å². The van der Waals surface area contributed by atoms with E-state index in [1.54, 1.807) is 24.3 Å². The molecule has 0 fully saturated rings. The number of nitrogens with one attached hydrogen (secondary N) is 1. The number of para-hydroxylation sites is 3. The van der Waals surface area contributed by atoms with Crippen LogP contribution >= 0.6 is 0 Å². The highest BCUT2D eigenvalue weighted by Crippen LogP contribution is 2.27. The van der Waals surface area contributed by atoms with Crippen molar-refractivity contribution in [3.8, 4) is 23.4 Å². The first-order chi connectivity index (χ1) is 16.1. The van der Waals surface area contributed by atoms with Gasteiger partial charge < -0.3 is 14.8 Å². The van der Waals surface area contributed by atoms with Crippen LogP contribution in [0.15, 0.2) is 73.4 Å². The summed E-state index contributed by atoms with van der Waals surface area (Å²) in [5, 5.41) is 17.5. The lowest BCUT2D eigenvalue weighted by molar-refractivity contribution is -0.118. The van der Waals surface area contributed by atoms with Crippen molar-refractivity contribution in [2.24, 2.45) is 0 Å². The average Bonchev–Trinajstić information content (AvgIpc) is 3.24. The number of benzene rings is 2. The lowest BCUT2D eigenvalue weighted by Crippen LogP contribution is -2.22. The highest BCUT2D eigenvalue weighted by molar-refractivity contribution is 5.92. The van der Waals surface area contributed by atoms with E-state index in [1.165, 1.54) is 10.9 Å². The van der Waals surface area contributed by atoms with Gasteiger partial charge in [0, 0.05) is 5.39 Å². The molecule has 1 amide bonds. The molecule has 2 aromatic carbocycles. The molecule has 0 aliphatic carbocycles. The number of aromatic nitrogens is 3. The standard InChI is InChI=1S/C25H21N5O3/c1-3-12-32-21-10-6-7-11-22(21)33-16-24(31)29-25-18(14-26)15-27-30(25)23-13-17(2)19-8-4-5-9-20(19)28-23/h3-11,13,15H,1,12,16H2,2H3,(H,29,31). The van der Waals surface area contributed by atoms with Crippen LogP contribution in [0.4, 0.5) is 5.82 Å². The van der Waals surface area contributed by atoms with E-state index in [0.29, 0.717) is 23.9 Å². The number of carbonyl (C=O) groups is 1. The third-order valence-corrected chi connectivity index (χ3v) is 4.84. The van der Waals surface area contributed by atoms with Gasteiger partial charge in [0.15, 0.2) is 29.7 Å². The van der Waals surface area contributed by atoms with Gasteiger partial charge in [0.05, 0.1) is 11.7 Å². The van der Waals surface area contributed by atoms with Crippen molar-refractivity contribution in [1.82, 2.24) is 14.8 Å². The molecule has 2 heterocycles. The van der Waals surface area contributed by atoms with Gasteiger partial charge >= 0.3 is 0 Å². The number of nitrogens with zero attached hydrogens (tertiary/aromatic N) is 4. The van der Waals surface area contributed by atoms with E-state index < -0.39 is 5.91 Å². The van der Waals surface area contributed by atoms with Crippen LogP contribution in [0.3, 0.4) is 0 Å². The van der Waals surface area contributed by atoms with Gasteiger partial charge in [-0.05, 0) is 36.8 Å². The van der Waals surface area contributed by atoms with E-state index >= 15 is 0 Å². The van der Waals surface area contributed by atoms with Crippen molar-refractivity contribution in [2.75, 3.05) is 18.5 Å². The van der Waals surface area contributed by atoms with Gasteiger partial charge in [-0.25, -0.2) is 4.98 Å². The highest BCUT2D eigenvalue weighted by Gasteiger charge is 2.17. The molecular formula is C25H21N5O3. The third-order valence-electron chi connectivity index (χ3n) is 4.84. The molecule has 0 aliphatic heterocycles. The topological polar surface area (TPSA) is 102 Å².